The van der Waals surface area contributed by atoms with Crippen LogP contribution in [0.1, 0.15) is 38.8 Å². The number of phenols is 2. The van der Waals surface area contributed by atoms with Crippen molar-refractivity contribution in [3.8, 4) is 23.0 Å². The molecule has 0 saturated heterocycles. The van der Waals surface area contributed by atoms with Gasteiger partial charge in [0.15, 0.2) is 16.9 Å². The lowest BCUT2D eigenvalue weighted by Crippen LogP contribution is -2.27. The third-order valence-electron chi connectivity index (χ3n) is 5.23. The monoisotopic (exact) mass is 392 g/mol. The number of aromatic hydroxyl groups is 2. The summed E-state index contributed by atoms with van der Waals surface area (Å²) < 4.78 is 17.8. The Morgan fingerprint density at radius 1 is 0.897 bits per heavy atom. The third kappa shape index (κ3) is 2.52. The molecule has 0 unspecified atom stereocenters. The molecule has 6 heteroatoms. The zero-order chi connectivity index (χ0) is 20.7. The molecule has 6 nitrogen and oxygen atoms in total. The lowest BCUT2D eigenvalue weighted by molar-refractivity contribution is 0.153. The number of rotatable bonds is 0. The molecule has 1 aromatic heterocycles. The van der Waals surface area contributed by atoms with Crippen LogP contribution in [0.5, 0.6) is 23.0 Å². The standard InChI is InChI=1S/C23H20O6/c1-22(2)8-6-12-15(28-22)10-14(24)16-17(25)13-9-11-5-7-23(3,4)29-19(11)18(26)21(13)27-20(12)16/h5-10,24,26H,1-4H3. The van der Waals surface area contributed by atoms with E-state index in [9.17, 15) is 15.0 Å². The van der Waals surface area contributed by atoms with Crippen molar-refractivity contribution in [3.63, 3.8) is 0 Å². The van der Waals surface area contributed by atoms with Crippen molar-refractivity contribution in [1.29, 1.82) is 0 Å². The Hall–Kier alpha value is -3.41. The minimum absolute atomic E-state index is 0.0124. The van der Waals surface area contributed by atoms with Crippen molar-refractivity contribution in [2.24, 2.45) is 0 Å². The molecule has 2 N–H and O–H groups in total. The first-order valence-electron chi connectivity index (χ1n) is 9.35. The van der Waals surface area contributed by atoms with Crippen molar-refractivity contribution in [3.05, 3.63) is 45.6 Å². The van der Waals surface area contributed by atoms with E-state index in [-0.39, 0.29) is 39.2 Å². The lowest BCUT2D eigenvalue weighted by atomic mass is 9.97. The van der Waals surface area contributed by atoms with Gasteiger partial charge < -0.3 is 24.1 Å². The van der Waals surface area contributed by atoms with Gasteiger partial charge in [0.1, 0.15) is 28.1 Å². The number of hydrogen-bond acceptors (Lipinski definition) is 6. The van der Waals surface area contributed by atoms with E-state index in [2.05, 4.69) is 0 Å². The van der Waals surface area contributed by atoms with Gasteiger partial charge in [-0.15, -0.1) is 0 Å². The zero-order valence-corrected chi connectivity index (χ0v) is 16.5. The average Bonchev–Trinajstić information content (AvgIpc) is 2.62. The van der Waals surface area contributed by atoms with Crippen molar-refractivity contribution < 1.29 is 24.1 Å². The summed E-state index contributed by atoms with van der Waals surface area (Å²) in [5, 5.41) is 21.6. The topological polar surface area (TPSA) is 89.1 Å². The van der Waals surface area contributed by atoms with Crippen molar-refractivity contribution in [2.75, 3.05) is 0 Å². The fourth-order valence-electron chi connectivity index (χ4n) is 3.79. The van der Waals surface area contributed by atoms with Gasteiger partial charge in [0, 0.05) is 11.6 Å². The molecule has 2 aromatic carbocycles. The Morgan fingerprint density at radius 2 is 1.59 bits per heavy atom. The predicted octanol–water partition coefficient (Wildman–Crippen LogP) is 4.73. The van der Waals surface area contributed by atoms with Crippen LogP contribution in [0.4, 0.5) is 0 Å². The maximum atomic E-state index is 13.2. The fourth-order valence-corrected chi connectivity index (χ4v) is 3.79. The first-order valence-corrected chi connectivity index (χ1v) is 9.35. The number of benzene rings is 2. The summed E-state index contributed by atoms with van der Waals surface area (Å²) in [6.45, 7) is 7.50. The number of fused-ring (bicyclic) bond motifs is 5. The Bertz CT molecular complexity index is 1340. The minimum Gasteiger partial charge on any atom is -0.507 e. The molecule has 148 valence electrons. The summed E-state index contributed by atoms with van der Waals surface area (Å²) in [5.41, 5.74) is -0.316. The van der Waals surface area contributed by atoms with Crippen molar-refractivity contribution >= 4 is 34.1 Å². The van der Waals surface area contributed by atoms with Gasteiger partial charge in [-0.05, 0) is 52.0 Å². The molecule has 0 fully saturated rings. The first kappa shape index (κ1) is 17.7. The van der Waals surface area contributed by atoms with Crippen LogP contribution in [-0.2, 0) is 0 Å². The zero-order valence-electron chi connectivity index (χ0n) is 16.5. The molecule has 0 radical (unpaired) electrons. The molecule has 2 aliphatic rings. The first-order chi connectivity index (χ1) is 13.6. The molecule has 3 aromatic rings. The second-order valence-corrected chi connectivity index (χ2v) is 8.54. The predicted molar refractivity (Wildman–Crippen MR) is 111 cm³/mol. The molecule has 5 rings (SSSR count). The SMILES string of the molecule is CC1(C)C=Cc2c(cc(O)c3c(=O)c4cc5c(c(O)c4oc23)OC(C)(C)C=C5)O1. The van der Waals surface area contributed by atoms with E-state index in [1.54, 1.807) is 18.2 Å². The van der Waals surface area contributed by atoms with Crippen LogP contribution in [0.2, 0.25) is 0 Å². The Labute approximate surface area is 166 Å². The highest BCUT2D eigenvalue weighted by Gasteiger charge is 2.30. The summed E-state index contributed by atoms with van der Waals surface area (Å²) >= 11 is 0. The number of phenolic OH excluding ortho intramolecular Hbond substituents is 2. The van der Waals surface area contributed by atoms with Crippen molar-refractivity contribution in [1.82, 2.24) is 0 Å². The van der Waals surface area contributed by atoms with Gasteiger partial charge in [-0.2, -0.15) is 0 Å². The van der Waals surface area contributed by atoms with Gasteiger partial charge in [0.05, 0.1) is 10.9 Å². The fraction of sp³-hybridized carbons (Fsp3) is 0.261. The summed E-state index contributed by atoms with van der Waals surface area (Å²) in [6, 6.07) is 3.03. The summed E-state index contributed by atoms with van der Waals surface area (Å²) in [5.74, 6) is 0.190. The molecule has 0 amide bonds. The smallest absolute Gasteiger partial charge is 0.204 e. The molecule has 29 heavy (non-hydrogen) atoms. The summed E-state index contributed by atoms with van der Waals surface area (Å²) in [7, 11) is 0. The van der Waals surface area contributed by atoms with Crippen LogP contribution < -0.4 is 14.9 Å². The molecule has 3 heterocycles. The van der Waals surface area contributed by atoms with Gasteiger partial charge in [-0.3, -0.25) is 4.79 Å². The summed E-state index contributed by atoms with van der Waals surface area (Å²) in [4.78, 5) is 13.2. The second-order valence-electron chi connectivity index (χ2n) is 8.54. The largest absolute Gasteiger partial charge is 0.507 e. The molecule has 0 saturated carbocycles. The van der Waals surface area contributed by atoms with E-state index in [4.69, 9.17) is 13.9 Å². The third-order valence-corrected chi connectivity index (χ3v) is 5.23. The van der Waals surface area contributed by atoms with E-state index in [1.807, 2.05) is 39.8 Å². The molecular weight excluding hydrogens is 372 g/mol. The molecule has 0 aliphatic carbocycles. The quantitative estimate of drug-likeness (QED) is 0.538. The van der Waals surface area contributed by atoms with Gasteiger partial charge in [-0.25, -0.2) is 0 Å². The highest BCUT2D eigenvalue weighted by Crippen LogP contribution is 2.46. The average molecular weight is 392 g/mol. The van der Waals surface area contributed by atoms with E-state index in [0.717, 1.165) is 0 Å². The lowest BCUT2D eigenvalue weighted by Gasteiger charge is -2.29. The maximum Gasteiger partial charge on any atom is 0.204 e. The van der Waals surface area contributed by atoms with Gasteiger partial charge in [-0.1, -0.05) is 6.08 Å². The van der Waals surface area contributed by atoms with E-state index in [0.29, 0.717) is 16.9 Å². The molecule has 2 aliphatic heterocycles. The van der Waals surface area contributed by atoms with E-state index >= 15 is 0 Å². The van der Waals surface area contributed by atoms with Crippen LogP contribution in [0.25, 0.3) is 34.1 Å². The van der Waals surface area contributed by atoms with Crippen LogP contribution >= 0.6 is 0 Å². The minimum atomic E-state index is -0.602. The second kappa shape index (κ2) is 5.35. The maximum absolute atomic E-state index is 13.2. The molecule has 0 bridgehead atoms. The van der Waals surface area contributed by atoms with E-state index < -0.39 is 16.6 Å². The van der Waals surface area contributed by atoms with Gasteiger partial charge in [0.25, 0.3) is 0 Å². The highest BCUT2D eigenvalue weighted by atomic mass is 16.5. The molecular formula is C23H20O6. The normalized spacial score (nSPS) is 18.2. The van der Waals surface area contributed by atoms with Crippen LogP contribution in [0.3, 0.4) is 0 Å². The van der Waals surface area contributed by atoms with Crippen LogP contribution in [0.15, 0.2) is 33.5 Å². The molecule has 0 atom stereocenters. The number of ether oxygens (including phenoxy) is 2. The van der Waals surface area contributed by atoms with Crippen LogP contribution in [-0.4, -0.2) is 21.4 Å². The summed E-state index contributed by atoms with van der Waals surface area (Å²) in [6.07, 6.45) is 7.29. The highest BCUT2D eigenvalue weighted by molar-refractivity contribution is 6.01. The van der Waals surface area contributed by atoms with Crippen molar-refractivity contribution in [2.45, 2.75) is 38.9 Å². The van der Waals surface area contributed by atoms with Crippen LogP contribution in [0, 0.1) is 0 Å². The Balaban J connectivity index is 1.90. The van der Waals surface area contributed by atoms with Gasteiger partial charge in [0.2, 0.25) is 11.2 Å². The molecule has 0 spiro atoms. The number of hydrogen-bond donors (Lipinski definition) is 2. The van der Waals surface area contributed by atoms with Gasteiger partial charge >= 0.3 is 0 Å². The Kier molecular flexibility index (Phi) is 3.26. The van der Waals surface area contributed by atoms with E-state index in [1.165, 1.54) is 6.07 Å². The Morgan fingerprint density at radius 3 is 2.34 bits per heavy atom.